The number of hydrogen-bond acceptors (Lipinski definition) is 6. The van der Waals surface area contributed by atoms with Gasteiger partial charge in [-0.2, -0.15) is 9.29 Å². The van der Waals surface area contributed by atoms with Crippen LogP contribution in [0.4, 0.5) is 0 Å². The minimum atomic E-state index is -3.23. The third-order valence-electron chi connectivity index (χ3n) is 3.77. The molecule has 2 atom stereocenters. The maximum absolute atomic E-state index is 12.3. The van der Waals surface area contributed by atoms with Crippen LogP contribution in [0, 0.1) is 0 Å². The molecule has 0 aliphatic carbocycles. The molecule has 0 spiro atoms. The van der Waals surface area contributed by atoms with Gasteiger partial charge in [-0.25, -0.2) is 8.42 Å². The van der Waals surface area contributed by atoms with Crippen LogP contribution >= 0.6 is 0 Å². The van der Waals surface area contributed by atoms with E-state index in [0.717, 1.165) is 12.8 Å². The highest BCUT2D eigenvalue weighted by Crippen LogP contribution is 2.33. The summed E-state index contributed by atoms with van der Waals surface area (Å²) >= 11 is 0. The van der Waals surface area contributed by atoms with Gasteiger partial charge in [0.15, 0.2) is 5.82 Å². The third kappa shape index (κ3) is 3.81. The Labute approximate surface area is 126 Å². The van der Waals surface area contributed by atoms with Crippen molar-refractivity contribution in [1.29, 1.82) is 0 Å². The van der Waals surface area contributed by atoms with E-state index in [1.807, 2.05) is 20.9 Å². The van der Waals surface area contributed by atoms with Gasteiger partial charge in [-0.15, -0.1) is 0 Å². The lowest BCUT2D eigenvalue weighted by molar-refractivity contribution is 0.289. The van der Waals surface area contributed by atoms with Crippen LogP contribution < -0.4 is 5.32 Å². The Kier molecular flexibility index (Phi) is 5.34. The summed E-state index contributed by atoms with van der Waals surface area (Å²) in [5.74, 6) is 1.21. The molecule has 120 valence electrons. The fourth-order valence-electron chi connectivity index (χ4n) is 2.56. The number of nitrogens with zero attached hydrogens (tertiary/aromatic N) is 3. The first kappa shape index (κ1) is 16.4. The lowest BCUT2D eigenvalue weighted by Gasteiger charge is -2.20. The van der Waals surface area contributed by atoms with E-state index in [1.165, 1.54) is 4.31 Å². The van der Waals surface area contributed by atoms with Gasteiger partial charge in [0.1, 0.15) is 6.04 Å². The Balaban J connectivity index is 2.13. The molecule has 0 amide bonds. The first-order valence-electron chi connectivity index (χ1n) is 7.47. The van der Waals surface area contributed by atoms with Crippen LogP contribution in [0.25, 0.3) is 0 Å². The van der Waals surface area contributed by atoms with E-state index in [0.29, 0.717) is 31.1 Å². The minimum absolute atomic E-state index is 0.168. The first-order chi connectivity index (χ1) is 9.97. The zero-order valence-corrected chi connectivity index (χ0v) is 13.7. The molecule has 0 radical (unpaired) electrons. The SMILES string of the molecule is CCCS(=O)(=O)N1CCCC1c1nc(CC(C)NC)no1. The number of rotatable bonds is 7. The highest BCUT2D eigenvalue weighted by atomic mass is 32.2. The summed E-state index contributed by atoms with van der Waals surface area (Å²) in [6.45, 7) is 4.44. The summed E-state index contributed by atoms with van der Waals surface area (Å²) in [7, 11) is -1.36. The molecule has 1 aromatic rings. The number of likely N-dealkylation sites (N-methyl/N-ethyl adjacent to an activating group) is 1. The summed E-state index contributed by atoms with van der Waals surface area (Å²) in [4.78, 5) is 4.38. The Bertz CT molecular complexity index is 558. The first-order valence-corrected chi connectivity index (χ1v) is 9.08. The van der Waals surface area contributed by atoms with E-state index in [4.69, 9.17) is 4.52 Å². The van der Waals surface area contributed by atoms with Crippen molar-refractivity contribution in [3.05, 3.63) is 11.7 Å². The van der Waals surface area contributed by atoms with Gasteiger partial charge >= 0.3 is 0 Å². The fourth-order valence-corrected chi connectivity index (χ4v) is 4.30. The second-order valence-corrected chi connectivity index (χ2v) is 7.57. The number of hydrogen-bond donors (Lipinski definition) is 1. The van der Waals surface area contributed by atoms with Crippen LogP contribution in [0.2, 0.25) is 0 Å². The Hall–Kier alpha value is -0.990. The molecule has 0 saturated carbocycles. The summed E-state index contributed by atoms with van der Waals surface area (Å²) in [5, 5.41) is 7.08. The molecule has 1 fully saturated rings. The Morgan fingerprint density at radius 3 is 2.95 bits per heavy atom. The van der Waals surface area contributed by atoms with Crippen LogP contribution in [-0.2, 0) is 16.4 Å². The monoisotopic (exact) mass is 316 g/mol. The quantitative estimate of drug-likeness (QED) is 0.810. The van der Waals surface area contributed by atoms with Gasteiger partial charge in [-0.3, -0.25) is 0 Å². The average molecular weight is 316 g/mol. The van der Waals surface area contributed by atoms with Crippen molar-refractivity contribution in [3.8, 4) is 0 Å². The molecule has 0 aromatic carbocycles. The van der Waals surface area contributed by atoms with Crippen LogP contribution in [0.3, 0.4) is 0 Å². The normalized spacial score (nSPS) is 21.8. The molecule has 1 N–H and O–H groups in total. The van der Waals surface area contributed by atoms with Crippen molar-refractivity contribution in [3.63, 3.8) is 0 Å². The minimum Gasteiger partial charge on any atom is -0.338 e. The molecule has 1 aromatic heterocycles. The van der Waals surface area contributed by atoms with Crippen LogP contribution in [0.15, 0.2) is 4.52 Å². The molecule has 8 heteroatoms. The van der Waals surface area contributed by atoms with E-state index < -0.39 is 10.0 Å². The van der Waals surface area contributed by atoms with Gasteiger partial charge in [0.2, 0.25) is 15.9 Å². The van der Waals surface area contributed by atoms with Gasteiger partial charge in [-0.1, -0.05) is 12.1 Å². The maximum atomic E-state index is 12.3. The molecule has 2 heterocycles. The largest absolute Gasteiger partial charge is 0.338 e. The predicted molar refractivity (Wildman–Crippen MR) is 79.3 cm³/mol. The van der Waals surface area contributed by atoms with E-state index in [9.17, 15) is 8.42 Å². The van der Waals surface area contributed by atoms with Gasteiger partial charge in [-0.05, 0) is 33.2 Å². The van der Waals surface area contributed by atoms with Crippen molar-refractivity contribution in [2.45, 2.75) is 51.6 Å². The summed E-state index contributed by atoms with van der Waals surface area (Å²) in [5.41, 5.74) is 0. The third-order valence-corrected chi connectivity index (χ3v) is 5.85. The van der Waals surface area contributed by atoms with Crippen molar-refractivity contribution in [2.75, 3.05) is 19.3 Å². The predicted octanol–water partition coefficient (Wildman–Crippen LogP) is 1.10. The molecule has 2 unspecified atom stereocenters. The van der Waals surface area contributed by atoms with E-state index >= 15 is 0 Å². The number of sulfonamides is 1. The lowest BCUT2D eigenvalue weighted by Crippen LogP contribution is -2.32. The molecule has 0 bridgehead atoms. The smallest absolute Gasteiger partial charge is 0.245 e. The summed E-state index contributed by atoms with van der Waals surface area (Å²) in [6.07, 6.45) is 2.85. The molecule has 1 saturated heterocycles. The zero-order chi connectivity index (χ0) is 15.5. The molecular weight excluding hydrogens is 292 g/mol. The molecule has 21 heavy (non-hydrogen) atoms. The molecule has 1 aliphatic rings. The molecule has 1 aliphatic heterocycles. The highest BCUT2D eigenvalue weighted by Gasteiger charge is 2.37. The zero-order valence-electron chi connectivity index (χ0n) is 12.9. The van der Waals surface area contributed by atoms with Crippen molar-refractivity contribution >= 4 is 10.0 Å². The molecular formula is C13H24N4O3S. The Morgan fingerprint density at radius 1 is 1.52 bits per heavy atom. The number of aromatic nitrogens is 2. The highest BCUT2D eigenvalue weighted by molar-refractivity contribution is 7.89. The summed E-state index contributed by atoms with van der Waals surface area (Å²) < 4.78 is 31.4. The van der Waals surface area contributed by atoms with Crippen LogP contribution in [-0.4, -0.2) is 48.3 Å². The maximum Gasteiger partial charge on any atom is 0.245 e. The second-order valence-electron chi connectivity index (χ2n) is 5.53. The van der Waals surface area contributed by atoms with Crippen molar-refractivity contribution < 1.29 is 12.9 Å². The van der Waals surface area contributed by atoms with E-state index in [-0.39, 0.29) is 17.8 Å². The van der Waals surface area contributed by atoms with E-state index in [2.05, 4.69) is 15.5 Å². The second kappa shape index (κ2) is 6.85. The lowest BCUT2D eigenvalue weighted by atomic mass is 10.2. The Morgan fingerprint density at radius 2 is 2.29 bits per heavy atom. The van der Waals surface area contributed by atoms with Gasteiger partial charge in [0.05, 0.1) is 5.75 Å². The van der Waals surface area contributed by atoms with Gasteiger partial charge in [0.25, 0.3) is 0 Å². The van der Waals surface area contributed by atoms with Crippen molar-refractivity contribution in [1.82, 2.24) is 19.8 Å². The van der Waals surface area contributed by atoms with Crippen molar-refractivity contribution in [2.24, 2.45) is 0 Å². The van der Waals surface area contributed by atoms with Crippen LogP contribution in [0.5, 0.6) is 0 Å². The average Bonchev–Trinajstić information content (AvgIpc) is 3.06. The fraction of sp³-hybridized carbons (Fsp3) is 0.846. The summed E-state index contributed by atoms with van der Waals surface area (Å²) in [6, 6.07) is -0.0494. The van der Waals surface area contributed by atoms with Crippen LogP contribution in [0.1, 0.15) is 50.9 Å². The van der Waals surface area contributed by atoms with E-state index in [1.54, 1.807) is 0 Å². The van der Waals surface area contributed by atoms with Gasteiger partial charge in [0, 0.05) is 19.0 Å². The molecule has 7 nitrogen and oxygen atoms in total. The molecule has 2 rings (SSSR count). The number of nitrogens with one attached hydrogen (secondary N) is 1. The van der Waals surface area contributed by atoms with Gasteiger partial charge < -0.3 is 9.84 Å². The topological polar surface area (TPSA) is 88.3 Å². The standard InChI is InChI=1S/C13H24N4O3S/c1-4-8-21(18,19)17-7-5-6-11(17)13-15-12(16-20-13)9-10(2)14-3/h10-11,14H,4-9H2,1-3H3.